The van der Waals surface area contributed by atoms with E-state index in [2.05, 4.69) is 10.6 Å². The highest BCUT2D eigenvalue weighted by atomic mass is 19.1. The molecule has 2 aromatic carbocycles. The zero-order valence-corrected chi connectivity index (χ0v) is 13.5. The lowest BCUT2D eigenvalue weighted by Gasteiger charge is -2.13. The molecule has 24 heavy (non-hydrogen) atoms. The summed E-state index contributed by atoms with van der Waals surface area (Å²) in [5.74, 6) is -2.07. The van der Waals surface area contributed by atoms with E-state index in [0.29, 0.717) is 11.3 Å². The fourth-order valence-corrected chi connectivity index (χ4v) is 2.12. The highest BCUT2D eigenvalue weighted by Gasteiger charge is 2.16. The van der Waals surface area contributed by atoms with Crippen molar-refractivity contribution in [1.82, 2.24) is 5.32 Å². The summed E-state index contributed by atoms with van der Waals surface area (Å²) in [7, 11) is 0. The van der Waals surface area contributed by atoms with Crippen LogP contribution in [0.5, 0.6) is 0 Å². The second kappa shape index (κ2) is 7.70. The molecule has 0 bridgehead atoms. The third-order valence-corrected chi connectivity index (χ3v) is 3.56. The number of hydrogen-bond acceptors (Lipinski definition) is 3. The van der Waals surface area contributed by atoms with Gasteiger partial charge in [-0.15, -0.1) is 0 Å². The molecular weight excluding hydrogens is 311 g/mol. The van der Waals surface area contributed by atoms with Crippen molar-refractivity contribution >= 4 is 17.5 Å². The third kappa shape index (κ3) is 4.63. The van der Waals surface area contributed by atoms with E-state index in [1.807, 2.05) is 26.0 Å². The number of aliphatic hydroxyl groups is 1. The lowest BCUT2D eigenvalue weighted by Crippen LogP contribution is -2.37. The summed E-state index contributed by atoms with van der Waals surface area (Å²) in [5.41, 5.74) is 2.82. The van der Waals surface area contributed by atoms with Crippen molar-refractivity contribution in [3.63, 3.8) is 0 Å². The highest BCUT2D eigenvalue weighted by molar-refractivity contribution is 6.39. The molecule has 0 saturated heterocycles. The van der Waals surface area contributed by atoms with Gasteiger partial charge in [0.15, 0.2) is 0 Å². The molecule has 3 N–H and O–H groups in total. The number of carbonyl (C=O) groups is 2. The van der Waals surface area contributed by atoms with Crippen LogP contribution in [0.25, 0.3) is 0 Å². The molecule has 0 aliphatic rings. The maximum Gasteiger partial charge on any atom is 0.313 e. The fourth-order valence-electron chi connectivity index (χ4n) is 2.12. The summed E-state index contributed by atoms with van der Waals surface area (Å²) in [4.78, 5) is 23.8. The van der Waals surface area contributed by atoms with Crippen molar-refractivity contribution in [2.45, 2.75) is 20.0 Å². The Kier molecular flexibility index (Phi) is 5.65. The number of hydrogen-bond donors (Lipinski definition) is 3. The highest BCUT2D eigenvalue weighted by Crippen LogP contribution is 2.16. The molecule has 0 spiro atoms. The molecule has 0 aliphatic carbocycles. The first-order valence-corrected chi connectivity index (χ1v) is 7.47. The van der Waals surface area contributed by atoms with Gasteiger partial charge in [-0.05, 0) is 48.7 Å². The fraction of sp³-hybridized carbons (Fsp3) is 0.222. The van der Waals surface area contributed by atoms with E-state index in [1.54, 1.807) is 6.07 Å². The summed E-state index contributed by atoms with van der Waals surface area (Å²) in [6.07, 6.45) is -1.02. The van der Waals surface area contributed by atoms with Gasteiger partial charge in [-0.25, -0.2) is 4.39 Å². The standard InChI is InChI=1S/C18H19FN2O3/c1-11-3-4-12(2)15(9-11)21-18(24)17(23)20-10-16(22)13-5-7-14(19)8-6-13/h3-9,16,22H,10H2,1-2H3,(H,20,23)(H,21,24). The number of amides is 2. The van der Waals surface area contributed by atoms with Crippen molar-refractivity contribution < 1.29 is 19.1 Å². The predicted molar refractivity (Wildman–Crippen MR) is 88.9 cm³/mol. The van der Waals surface area contributed by atoms with Gasteiger partial charge in [0.25, 0.3) is 0 Å². The smallest absolute Gasteiger partial charge is 0.313 e. The van der Waals surface area contributed by atoms with Gasteiger partial charge in [0.05, 0.1) is 6.10 Å². The second-order valence-corrected chi connectivity index (χ2v) is 5.55. The molecule has 2 amide bonds. The van der Waals surface area contributed by atoms with Gasteiger partial charge in [0.1, 0.15) is 5.82 Å². The Balaban J connectivity index is 1.90. The quantitative estimate of drug-likeness (QED) is 0.752. The van der Waals surface area contributed by atoms with Gasteiger partial charge in [0, 0.05) is 12.2 Å². The minimum Gasteiger partial charge on any atom is -0.387 e. The van der Waals surface area contributed by atoms with Gasteiger partial charge >= 0.3 is 11.8 Å². The van der Waals surface area contributed by atoms with Crippen molar-refractivity contribution in [2.24, 2.45) is 0 Å². The Hall–Kier alpha value is -2.73. The third-order valence-electron chi connectivity index (χ3n) is 3.56. The summed E-state index contributed by atoms with van der Waals surface area (Å²) in [6, 6.07) is 10.8. The van der Waals surface area contributed by atoms with Crippen LogP contribution in [0.15, 0.2) is 42.5 Å². The molecule has 0 aliphatic heterocycles. The Morgan fingerprint density at radius 1 is 1.08 bits per heavy atom. The van der Waals surface area contributed by atoms with Gasteiger partial charge in [-0.2, -0.15) is 0 Å². The Bertz CT molecular complexity index is 744. The normalized spacial score (nSPS) is 11.7. The number of aliphatic hydroxyl groups excluding tert-OH is 1. The van der Waals surface area contributed by atoms with Crippen LogP contribution in [-0.2, 0) is 9.59 Å². The van der Waals surface area contributed by atoms with Gasteiger partial charge < -0.3 is 15.7 Å². The van der Waals surface area contributed by atoms with Crippen LogP contribution in [0.4, 0.5) is 10.1 Å². The van der Waals surface area contributed by atoms with Gasteiger partial charge in [-0.3, -0.25) is 9.59 Å². The molecule has 1 unspecified atom stereocenters. The second-order valence-electron chi connectivity index (χ2n) is 5.55. The van der Waals surface area contributed by atoms with Crippen LogP contribution in [0.2, 0.25) is 0 Å². The molecule has 5 nitrogen and oxygen atoms in total. The predicted octanol–water partition coefficient (Wildman–Crippen LogP) is 2.23. The van der Waals surface area contributed by atoms with Gasteiger partial charge in [-0.1, -0.05) is 24.3 Å². The molecule has 0 saturated carbocycles. The van der Waals surface area contributed by atoms with E-state index in [9.17, 15) is 19.1 Å². The maximum atomic E-state index is 12.8. The van der Waals surface area contributed by atoms with E-state index in [0.717, 1.165) is 11.1 Å². The van der Waals surface area contributed by atoms with E-state index < -0.39 is 23.7 Å². The zero-order chi connectivity index (χ0) is 17.7. The minimum atomic E-state index is -1.02. The molecule has 2 aromatic rings. The van der Waals surface area contributed by atoms with Crippen molar-refractivity contribution in [2.75, 3.05) is 11.9 Å². The van der Waals surface area contributed by atoms with E-state index in [-0.39, 0.29) is 6.54 Å². The lowest BCUT2D eigenvalue weighted by atomic mass is 10.1. The van der Waals surface area contributed by atoms with Crippen LogP contribution < -0.4 is 10.6 Å². The molecule has 126 valence electrons. The molecule has 0 fully saturated rings. The number of aryl methyl sites for hydroxylation is 2. The molecule has 6 heteroatoms. The molecule has 0 radical (unpaired) electrons. The Morgan fingerprint density at radius 3 is 2.42 bits per heavy atom. The van der Waals surface area contributed by atoms with Crippen LogP contribution in [0.1, 0.15) is 22.8 Å². The summed E-state index contributed by atoms with van der Waals surface area (Å²) >= 11 is 0. The number of rotatable bonds is 4. The van der Waals surface area contributed by atoms with E-state index in [1.165, 1.54) is 24.3 Å². The topological polar surface area (TPSA) is 78.4 Å². The SMILES string of the molecule is Cc1ccc(C)c(NC(=O)C(=O)NCC(O)c2ccc(F)cc2)c1. The van der Waals surface area contributed by atoms with Crippen LogP contribution >= 0.6 is 0 Å². The summed E-state index contributed by atoms with van der Waals surface area (Å²) in [6.45, 7) is 3.56. The van der Waals surface area contributed by atoms with Crippen molar-refractivity contribution in [3.05, 3.63) is 65.0 Å². The van der Waals surface area contributed by atoms with Crippen LogP contribution in [0.3, 0.4) is 0 Å². The van der Waals surface area contributed by atoms with Crippen molar-refractivity contribution in [3.8, 4) is 0 Å². The lowest BCUT2D eigenvalue weighted by molar-refractivity contribution is -0.136. The molecule has 1 atom stereocenters. The average molecular weight is 330 g/mol. The average Bonchev–Trinajstić information content (AvgIpc) is 2.56. The number of benzene rings is 2. The first-order valence-electron chi connectivity index (χ1n) is 7.47. The van der Waals surface area contributed by atoms with Crippen molar-refractivity contribution in [1.29, 1.82) is 0 Å². The summed E-state index contributed by atoms with van der Waals surface area (Å²) in [5, 5.41) is 14.8. The largest absolute Gasteiger partial charge is 0.387 e. The number of carbonyl (C=O) groups excluding carboxylic acids is 2. The monoisotopic (exact) mass is 330 g/mol. The first-order chi connectivity index (χ1) is 11.4. The number of halogens is 1. The zero-order valence-electron chi connectivity index (χ0n) is 13.5. The van der Waals surface area contributed by atoms with E-state index >= 15 is 0 Å². The van der Waals surface area contributed by atoms with Gasteiger partial charge in [0.2, 0.25) is 0 Å². The molecule has 0 aromatic heterocycles. The summed E-state index contributed by atoms with van der Waals surface area (Å²) < 4.78 is 12.8. The van der Waals surface area contributed by atoms with E-state index in [4.69, 9.17) is 0 Å². The minimum absolute atomic E-state index is 0.148. The molecule has 0 heterocycles. The Morgan fingerprint density at radius 2 is 1.75 bits per heavy atom. The number of nitrogens with one attached hydrogen (secondary N) is 2. The number of anilines is 1. The first kappa shape index (κ1) is 17.6. The maximum absolute atomic E-state index is 12.8. The van der Waals surface area contributed by atoms with Crippen LogP contribution in [-0.4, -0.2) is 23.5 Å². The molecule has 2 rings (SSSR count). The Labute approximate surface area is 139 Å². The van der Waals surface area contributed by atoms with Crippen LogP contribution in [0, 0.1) is 19.7 Å². The molecular formula is C18H19FN2O3.